The normalized spacial score (nSPS) is 28.1. The largest absolute Gasteiger partial charge is 0.483 e. The number of rotatable bonds is 5. The molecule has 1 aromatic carbocycles. The minimum Gasteiger partial charge on any atom is -0.483 e. The molecule has 0 radical (unpaired) electrons. The first kappa shape index (κ1) is 18.6. The van der Waals surface area contributed by atoms with E-state index in [0.29, 0.717) is 5.56 Å². The van der Waals surface area contributed by atoms with Gasteiger partial charge in [0.25, 0.3) is 11.8 Å². The fraction of sp³-hybridized carbons (Fsp3) is 0.421. The van der Waals surface area contributed by atoms with Crippen molar-refractivity contribution in [3.05, 3.63) is 45.0 Å². The van der Waals surface area contributed by atoms with Crippen LogP contribution in [0.5, 0.6) is 5.75 Å². The van der Waals surface area contributed by atoms with Gasteiger partial charge in [-0.25, -0.2) is 0 Å². The Morgan fingerprint density at radius 3 is 2.39 bits per heavy atom. The van der Waals surface area contributed by atoms with Gasteiger partial charge in [-0.3, -0.25) is 19.7 Å². The summed E-state index contributed by atoms with van der Waals surface area (Å²) in [4.78, 5) is 36.0. The number of carbonyl (C=O) groups is 2. The number of imide groups is 1. The number of benzene rings is 1. The van der Waals surface area contributed by atoms with Crippen molar-refractivity contribution in [3.8, 4) is 5.75 Å². The molecular formula is C19H18ClN3O5. The molecular weight excluding hydrogens is 386 g/mol. The SMILES string of the molecule is CC(C)Oc1c(Cl)cc(C=NN2C(=O)C3C4C=CC(C4)C3C2=O)cc1[N+](=O)[O-]. The Morgan fingerprint density at radius 2 is 1.86 bits per heavy atom. The van der Waals surface area contributed by atoms with E-state index in [2.05, 4.69) is 5.10 Å². The molecule has 1 saturated carbocycles. The number of carbonyl (C=O) groups excluding carboxylic acids is 2. The van der Waals surface area contributed by atoms with Gasteiger partial charge in [-0.15, -0.1) is 0 Å². The standard InChI is InChI=1S/C19H18ClN3O5/c1-9(2)28-17-13(20)5-10(6-14(17)23(26)27)8-21-22-18(24)15-11-3-4-12(7-11)16(15)19(22)25/h3-6,8-9,11-12,15-16H,7H2,1-2H3. The maximum absolute atomic E-state index is 12.6. The van der Waals surface area contributed by atoms with Crippen molar-refractivity contribution < 1.29 is 19.2 Å². The number of hydrogen-bond donors (Lipinski definition) is 0. The summed E-state index contributed by atoms with van der Waals surface area (Å²) in [5, 5.41) is 16.4. The third kappa shape index (κ3) is 2.88. The molecule has 1 aromatic rings. The maximum atomic E-state index is 12.6. The fourth-order valence-electron chi connectivity index (χ4n) is 4.29. The Labute approximate surface area is 165 Å². The quantitative estimate of drug-likeness (QED) is 0.247. The minimum absolute atomic E-state index is 0.0238. The smallest absolute Gasteiger partial charge is 0.313 e. The predicted molar refractivity (Wildman–Crippen MR) is 101 cm³/mol. The van der Waals surface area contributed by atoms with Crippen molar-refractivity contribution in [1.29, 1.82) is 0 Å². The Balaban J connectivity index is 1.61. The topological polar surface area (TPSA) is 102 Å². The van der Waals surface area contributed by atoms with Crippen LogP contribution in [-0.2, 0) is 9.59 Å². The molecule has 1 saturated heterocycles. The van der Waals surface area contributed by atoms with Gasteiger partial charge in [-0.1, -0.05) is 23.8 Å². The Hall–Kier alpha value is -2.74. The molecule has 3 aliphatic rings. The van der Waals surface area contributed by atoms with Gasteiger partial charge in [0, 0.05) is 11.6 Å². The number of halogens is 1. The summed E-state index contributed by atoms with van der Waals surface area (Å²) in [5.74, 6) is -1.17. The number of allylic oxidation sites excluding steroid dienone is 2. The molecule has 0 aromatic heterocycles. The van der Waals surface area contributed by atoms with Crippen LogP contribution in [0.15, 0.2) is 29.4 Å². The third-order valence-corrected chi connectivity index (χ3v) is 5.65. The second-order valence-corrected chi connectivity index (χ2v) is 7.91. The van der Waals surface area contributed by atoms with E-state index < -0.39 is 4.92 Å². The molecule has 2 amide bonds. The third-order valence-electron chi connectivity index (χ3n) is 5.37. The highest BCUT2D eigenvalue weighted by Gasteiger charge is 2.59. The molecule has 0 spiro atoms. The van der Waals surface area contributed by atoms with Crippen LogP contribution >= 0.6 is 11.6 Å². The molecule has 1 aliphatic heterocycles. The second-order valence-electron chi connectivity index (χ2n) is 7.51. The molecule has 28 heavy (non-hydrogen) atoms. The lowest BCUT2D eigenvalue weighted by Gasteiger charge is -2.13. The van der Waals surface area contributed by atoms with Gasteiger partial charge in [0.1, 0.15) is 0 Å². The molecule has 4 atom stereocenters. The fourth-order valence-corrected chi connectivity index (χ4v) is 4.55. The molecule has 146 valence electrons. The minimum atomic E-state index is -0.596. The summed E-state index contributed by atoms with van der Waals surface area (Å²) in [6, 6.07) is 2.71. The average molecular weight is 404 g/mol. The van der Waals surface area contributed by atoms with Crippen LogP contribution in [0.1, 0.15) is 25.8 Å². The molecule has 0 N–H and O–H groups in total. The van der Waals surface area contributed by atoms with Crippen LogP contribution in [0, 0.1) is 33.8 Å². The van der Waals surface area contributed by atoms with Gasteiger partial charge in [-0.2, -0.15) is 10.1 Å². The number of ether oxygens (including phenoxy) is 1. The lowest BCUT2D eigenvalue weighted by Crippen LogP contribution is -2.28. The van der Waals surface area contributed by atoms with Gasteiger partial charge in [0.05, 0.1) is 34.1 Å². The first-order chi connectivity index (χ1) is 13.3. The number of nitro benzene ring substituents is 1. The summed E-state index contributed by atoms with van der Waals surface area (Å²) in [7, 11) is 0. The molecule has 4 rings (SSSR count). The highest BCUT2D eigenvalue weighted by Crippen LogP contribution is 2.52. The molecule has 2 aliphatic carbocycles. The zero-order valence-corrected chi connectivity index (χ0v) is 16.0. The highest BCUT2D eigenvalue weighted by molar-refractivity contribution is 6.32. The Bertz CT molecular complexity index is 912. The van der Waals surface area contributed by atoms with Crippen molar-refractivity contribution in [3.63, 3.8) is 0 Å². The first-order valence-corrected chi connectivity index (χ1v) is 9.40. The maximum Gasteiger partial charge on any atom is 0.313 e. The van der Waals surface area contributed by atoms with E-state index in [-0.39, 0.29) is 58.0 Å². The summed E-state index contributed by atoms with van der Waals surface area (Å²) >= 11 is 6.15. The van der Waals surface area contributed by atoms with Crippen LogP contribution in [0.2, 0.25) is 5.02 Å². The summed E-state index contributed by atoms with van der Waals surface area (Å²) in [5.41, 5.74) is -0.00704. The van der Waals surface area contributed by atoms with E-state index in [4.69, 9.17) is 16.3 Å². The molecule has 2 fully saturated rings. The number of amides is 2. The molecule has 1 heterocycles. The number of nitro groups is 1. The zero-order chi connectivity index (χ0) is 20.2. The van der Waals surface area contributed by atoms with Gasteiger partial charge in [0.15, 0.2) is 0 Å². The van der Waals surface area contributed by atoms with Gasteiger partial charge in [0.2, 0.25) is 5.75 Å². The number of nitrogens with zero attached hydrogens (tertiary/aromatic N) is 3. The van der Waals surface area contributed by atoms with E-state index >= 15 is 0 Å². The summed E-state index contributed by atoms with van der Waals surface area (Å²) in [6.07, 6.45) is 5.79. The van der Waals surface area contributed by atoms with E-state index in [0.717, 1.165) is 11.4 Å². The lowest BCUT2D eigenvalue weighted by molar-refractivity contribution is -0.386. The van der Waals surface area contributed by atoms with Crippen molar-refractivity contribution in [2.24, 2.45) is 28.8 Å². The van der Waals surface area contributed by atoms with E-state index in [1.54, 1.807) is 13.8 Å². The highest BCUT2D eigenvalue weighted by atomic mass is 35.5. The second kappa shape index (κ2) is 6.70. The predicted octanol–water partition coefficient (Wildman–Crippen LogP) is 3.18. The van der Waals surface area contributed by atoms with Gasteiger partial charge >= 0.3 is 5.69 Å². The molecule has 4 unspecified atom stereocenters. The van der Waals surface area contributed by atoms with Crippen molar-refractivity contribution in [2.45, 2.75) is 26.4 Å². The Kier molecular flexibility index (Phi) is 4.45. The van der Waals surface area contributed by atoms with Crippen LogP contribution in [0.3, 0.4) is 0 Å². The Morgan fingerprint density at radius 1 is 1.25 bits per heavy atom. The number of fused-ring (bicyclic) bond motifs is 5. The van der Waals surface area contributed by atoms with Crippen LogP contribution in [-0.4, -0.2) is 34.1 Å². The van der Waals surface area contributed by atoms with Gasteiger partial charge in [-0.05, 0) is 38.2 Å². The summed E-state index contributed by atoms with van der Waals surface area (Å²) in [6.45, 7) is 3.47. The number of hydrogen-bond acceptors (Lipinski definition) is 6. The van der Waals surface area contributed by atoms with E-state index in [1.165, 1.54) is 18.3 Å². The monoisotopic (exact) mass is 403 g/mol. The lowest BCUT2D eigenvalue weighted by atomic mass is 9.85. The van der Waals surface area contributed by atoms with Crippen LogP contribution < -0.4 is 4.74 Å². The van der Waals surface area contributed by atoms with Crippen LogP contribution in [0.25, 0.3) is 0 Å². The van der Waals surface area contributed by atoms with E-state index in [9.17, 15) is 19.7 Å². The van der Waals surface area contributed by atoms with Crippen LogP contribution in [0.4, 0.5) is 5.69 Å². The van der Waals surface area contributed by atoms with Gasteiger partial charge < -0.3 is 4.74 Å². The molecule has 2 bridgehead atoms. The average Bonchev–Trinajstić information content (AvgIpc) is 3.29. The molecule has 9 heteroatoms. The first-order valence-electron chi connectivity index (χ1n) is 9.02. The van der Waals surface area contributed by atoms with Crippen molar-refractivity contribution >= 4 is 35.3 Å². The van der Waals surface area contributed by atoms with Crippen molar-refractivity contribution in [2.75, 3.05) is 0 Å². The molecule has 8 nitrogen and oxygen atoms in total. The van der Waals surface area contributed by atoms with Crippen molar-refractivity contribution in [1.82, 2.24) is 5.01 Å². The van der Waals surface area contributed by atoms with E-state index in [1.807, 2.05) is 12.2 Å². The zero-order valence-electron chi connectivity index (χ0n) is 15.2. The number of hydrazone groups is 1. The summed E-state index contributed by atoms with van der Waals surface area (Å²) < 4.78 is 5.44.